The summed E-state index contributed by atoms with van der Waals surface area (Å²) in [5, 5.41) is 3.51. The molecule has 0 atom stereocenters. The molecule has 2 amide bonds. The van der Waals surface area contributed by atoms with E-state index in [2.05, 4.69) is 25.2 Å². The standard InChI is InChI=1S/C25H28N6O3S2/c1-16-12-19(34-2)18(13-20(16)35-22-14-27-25(36-22)29-23(32)17-4-5-17)24(33)31-9-3-8-30(10-11-31)21-6-7-26-15-28-21/h6-7,12-15,17H,3-5,8-11H2,1-2H3,(H,27,29,32). The van der Waals surface area contributed by atoms with Crippen LogP contribution in [0.15, 0.2) is 46.0 Å². The van der Waals surface area contributed by atoms with Crippen LogP contribution >= 0.6 is 23.1 Å². The molecule has 0 unspecified atom stereocenters. The smallest absolute Gasteiger partial charge is 0.257 e. The van der Waals surface area contributed by atoms with E-state index in [1.165, 1.54) is 11.3 Å². The molecule has 3 aromatic rings. The number of hydrogen-bond donors (Lipinski definition) is 1. The fourth-order valence-electron chi connectivity index (χ4n) is 4.12. The predicted octanol–water partition coefficient (Wildman–Crippen LogP) is 4.10. The van der Waals surface area contributed by atoms with Crippen molar-refractivity contribution in [3.63, 3.8) is 0 Å². The number of amides is 2. The molecule has 3 heterocycles. The number of hydrogen-bond acceptors (Lipinski definition) is 9. The molecule has 0 spiro atoms. The zero-order valence-electron chi connectivity index (χ0n) is 20.3. The average molecular weight is 525 g/mol. The van der Waals surface area contributed by atoms with E-state index in [0.29, 0.717) is 36.1 Å². The Kier molecular flexibility index (Phi) is 7.38. The summed E-state index contributed by atoms with van der Waals surface area (Å²) in [5.41, 5.74) is 1.56. The number of thiazole rings is 1. The zero-order valence-corrected chi connectivity index (χ0v) is 21.9. The molecule has 1 aliphatic heterocycles. The Morgan fingerprint density at radius 2 is 2.03 bits per heavy atom. The lowest BCUT2D eigenvalue weighted by Gasteiger charge is -2.23. The van der Waals surface area contributed by atoms with Gasteiger partial charge in [-0.3, -0.25) is 9.59 Å². The second-order valence-electron chi connectivity index (χ2n) is 8.87. The number of ether oxygens (including phenoxy) is 1. The molecule has 9 nitrogen and oxygen atoms in total. The van der Waals surface area contributed by atoms with E-state index in [9.17, 15) is 9.59 Å². The topological polar surface area (TPSA) is 101 Å². The lowest BCUT2D eigenvalue weighted by molar-refractivity contribution is -0.117. The minimum Gasteiger partial charge on any atom is -0.496 e. The van der Waals surface area contributed by atoms with Gasteiger partial charge in [-0.05, 0) is 49.9 Å². The fraction of sp³-hybridized carbons (Fsp3) is 0.400. The highest BCUT2D eigenvalue weighted by Crippen LogP contribution is 2.39. The lowest BCUT2D eigenvalue weighted by atomic mass is 10.1. The van der Waals surface area contributed by atoms with E-state index in [1.54, 1.807) is 37.6 Å². The SMILES string of the molecule is COc1cc(C)c(Sc2cnc(NC(=O)C3CC3)s2)cc1C(=O)N1CCCN(c2ccncn2)CC1. The molecule has 0 radical (unpaired) electrons. The van der Waals surface area contributed by atoms with Gasteiger partial charge in [-0.1, -0.05) is 23.1 Å². The minimum atomic E-state index is -0.0417. The predicted molar refractivity (Wildman–Crippen MR) is 140 cm³/mol. The van der Waals surface area contributed by atoms with Gasteiger partial charge in [0.2, 0.25) is 5.91 Å². The first-order valence-electron chi connectivity index (χ1n) is 11.9. The number of carbonyl (C=O) groups excluding carboxylic acids is 2. The molecule has 11 heteroatoms. The maximum absolute atomic E-state index is 13.6. The van der Waals surface area contributed by atoms with Gasteiger partial charge in [0.25, 0.3) is 5.91 Å². The second-order valence-corrected chi connectivity index (χ2v) is 11.2. The Labute approximate surface area is 218 Å². The van der Waals surface area contributed by atoms with Gasteiger partial charge in [-0.2, -0.15) is 0 Å². The maximum atomic E-state index is 13.6. The third-order valence-electron chi connectivity index (χ3n) is 6.27. The number of aryl methyl sites for hydroxylation is 1. The Hall–Kier alpha value is -3.18. The van der Waals surface area contributed by atoms with Crippen LogP contribution in [0, 0.1) is 12.8 Å². The van der Waals surface area contributed by atoms with Gasteiger partial charge in [0.1, 0.15) is 17.9 Å². The van der Waals surface area contributed by atoms with Crippen molar-refractivity contribution < 1.29 is 14.3 Å². The van der Waals surface area contributed by atoms with Crippen LogP contribution in [0.1, 0.15) is 35.2 Å². The molecule has 5 rings (SSSR count). The quantitative estimate of drug-likeness (QED) is 0.493. The van der Waals surface area contributed by atoms with Crippen molar-refractivity contribution in [2.24, 2.45) is 5.92 Å². The van der Waals surface area contributed by atoms with E-state index in [1.807, 2.05) is 30.0 Å². The first kappa shape index (κ1) is 24.5. The zero-order chi connectivity index (χ0) is 25.1. The van der Waals surface area contributed by atoms with Crippen LogP contribution < -0.4 is 15.0 Å². The van der Waals surface area contributed by atoms with Crippen molar-refractivity contribution in [3.8, 4) is 5.75 Å². The first-order valence-corrected chi connectivity index (χ1v) is 13.6. The van der Waals surface area contributed by atoms with Crippen LogP contribution in [0.5, 0.6) is 5.75 Å². The third kappa shape index (κ3) is 5.62. The van der Waals surface area contributed by atoms with E-state index in [-0.39, 0.29) is 17.7 Å². The Morgan fingerprint density at radius 1 is 1.17 bits per heavy atom. The minimum absolute atomic E-state index is 0.0417. The number of nitrogens with zero attached hydrogens (tertiary/aromatic N) is 5. The molecule has 1 saturated heterocycles. The number of anilines is 2. The van der Waals surface area contributed by atoms with Crippen LogP contribution in [0.4, 0.5) is 10.9 Å². The number of rotatable bonds is 7. The van der Waals surface area contributed by atoms with Crippen molar-refractivity contribution in [1.82, 2.24) is 19.9 Å². The van der Waals surface area contributed by atoms with Crippen LogP contribution in [-0.4, -0.2) is 65.0 Å². The van der Waals surface area contributed by atoms with Gasteiger partial charge in [-0.25, -0.2) is 15.0 Å². The average Bonchev–Trinajstić information content (AvgIpc) is 3.70. The number of aromatic nitrogens is 3. The molecule has 36 heavy (non-hydrogen) atoms. The van der Waals surface area contributed by atoms with Gasteiger partial charge in [0.15, 0.2) is 5.13 Å². The summed E-state index contributed by atoms with van der Waals surface area (Å²) < 4.78 is 6.55. The summed E-state index contributed by atoms with van der Waals surface area (Å²) >= 11 is 2.98. The molecule has 0 bridgehead atoms. The molecule has 2 aromatic heterocycles. The highest BCUT2D eigenvalue weighted by atomic mass is 32.2. The van der Waals surface area contributed by atoms with Crippen LogP contribution in [0.3, 0.4) is 0 Å². The molecule has 1 aliphatic carbocycles. The van der Waals surface area contributed by atoms with Gasteiger partial charge in [-0.15, -0.1) is 0 Å². The Bertz CT molecular complexity index is 1250. The second kappa shape index (κ2) is 10.8. The summed E-state index contributed by atoms with van der Waals surface area (Å²) in [7, 11) is 1.59. The van der Waals surface area contributed by atoms with Crippen molar-refractivity contribution in [2.45, 2.75) is 35.3 Å². The summed E-state index contributed by atoms with van der Waals surface area (Å²) in [6.07, 6.45) is 7.81. The molecule has 1 N–H and O–H groups in total. The summed E-state index contributed by atoms with van der Waals surface area (Å²) in [5.74, 6) is 1.59. The van der Waals surface area contributed by atoms with Crippen LogP contribution in [0.25, 0.3) is 0 Å². The molecule has 1 saturated carbocycles. The number of benzene rings is 1. The number of nitrogens with one attached hydrogen (secondary N) is 1. The maximum Gasteiger partial charge on any atom is 0.257 e. The summed E-state index contributed by atoms with van der Waals surface area (Å²) in [4.78, 5) is 43.4. The van der Waals surface area contributed by atoms with Crippen LogP contribution in [0.2, 0.25) is 0 Å². The Morgan fingerprint density at radius 3 is 2.78 bits per heavy atom. The molecular formula is C25H28N6O3S2. The van der Waals surface area contributed by atoms with Crippen molar-refractivity contribution in [3.05, 3.63) is 48.0 Å². The first-order chi connectivity index (χ1) is 17.5. The molecule has 2 fully saturated rings. The largest absolute Gasteiger partial charge is 0.496 e. The molecular weight excluding hydrogens is 496 g/mol. The summed E-state index contributed by atoms with van der Waals surface area (Å²) in [6.45, 7) is 4.80. The fourth-order valence-corrected chi connectivity index (χ4v) is 6.07. The van der Waals surface area contributed by atoms with Gasteiger partial charge in [0.05, 0.1) is 23.1 Å². The van der Waals surface area contributed by atoms with E-state index in [4.69, 9.17) is 4.74 Å². The Balaban J connectivity index is 1.31. The molecule has 1 aromatic carbocycles. The van der Waals surface area contributed by atoms with E-state index >= 15 is 0 Å². The lowest BCUT2D eigenvalue weighted by Crippen LogP contribution is -2.35. The number of methoxy groups -OCH3 is 1. The molecule has 188 valence electrons. The van der Waals surface area contributed by atoms with E-state index in [0.717, 1.165) is 46.3 Å². The van der Waals surface area contributed by atoms with Gasteiger partial charge >= 0.3 is 0 Å². The van der Waals surface area contributed by atoms with Crippen molar-refractivity contribution >= 4 is 45.9 Å². The third-order valence-corrected chi connectivity index (χ3v) is 8.45. The van der Waals surface area contributed by atoms with Gasteiger partial charge in [0, 0.05) is 43.2 Å². The highest BCUT2D eigenvalue weighted by Gasteiger charge is 2.30. The van der Waals surface area contributed by atoms with Crippen LogP contribution in [-0.2, 0) is 4.79 Å². The van der Waals surface area contributed by atoms with Gasteiger partial charge < -0.3 is 19.9 Å². The highest BCUT2D eigenvalue weighted by molar-refractivity contribution is 8.01. The summed E-state index contributed by atoms with van der Waals surface area (Å²) in [6, 6.07) is 5.72. The normalized spacial score (nSPS) is 15.9. The molecule has 2 aliphatic rings. The monoisotopic (exact) mass is 524 g/mol. The number of carbonyl (C=O) groups is 2. The van der Waals surface area contributed by atoms with Crippen molar-refractivity contribution in [2.75, 3.05) is 43.5 Å². The van der Waals surface area contributed by atoms with Crippen molar-refractivity contribution in [1.29, 1.82) is 0 Å². The van der Waals surface area contributed by atoms with E-state index < -0.39 is 0 Å².